The van der Waals surface area contributed by atoms with Gasteiger partial charge in [-0.1, -0.05) is 19.9 Å². The van der Waals surface area contributed by atoms with Crippen LogP contribution in [0.4, 0.5) is 5.69 Å². The summed E-state index contributed by atoms with van der Waals surface area (Å²) in [7, 11) is 0. The summed E-state index contributed by atoms with van der Waals surface area (Å²) in [6, 6.07) is 1.95. The molecule has 2 aliphatic rings. The zero-order valence-corrected chi connectivity index (χ0v) is 18.8. The summed E-state index contributed by atoms with van der Waals surface area (Å²) in [4.78, 5) is 10.8. The summed E-state index contributed by atoms with van der Waals surface area (Å²) in [5, 5.41) is 9.86. The molecule has 2 aromatic heterocycles. The minimum absolute atomic E-state index is 0.0211. The Hall–Kier alpha value is -1.99. The summed E-state index contributed by atoms with van der Waals surface area (Å²) < 4.78 is 7.62. The molecule has 0 fully saturated rings. The number of aromatic nitrogens is 3. The summed E-state index contributed by atoms with van der Waals surface area (Å²) >= 11 is 4.45. The van der Waals surface area contributed by atoms with Crippen molar-refractivity contribution in [3.63, 3.8) is 0 Å². The quantitative estimate of drug-likeness (QED) is 0.259. The lowest BCUT2D eigenvalue weighted by molar-refractivity contribution is 0.215. The Morgan fingerprint density at radius 1 is 1.33 bits per heavy atom. The van der Waals surface area contributed by atoms with Crippen LogP contribution in [0.5, 0.6) is 11.6 Å². The van der Waals surface area contributed by atoms with Crippen LogP contribution < -0.4 is 9.64 Å². The number of fused-ring (bicyclic) bond motifs is 2. The molecule has 0 spiro atoms. The molecular weight excluding hydrogens is 396 g/mol. The normalized spacial score (nSPS) is 18.3. The van der Waals surface area contributed by atoms with Gasteiger partial charge in [0.15, 0.2) is 5.75 Å². The number of anilines is 1. The van der Waals surface area contributed by atoms with Gasteiger partial charge in [-0.2, -0.15) is 12.6 Å². The Balaban J connectivity index is 1.42. The van der Waals surface area contributed by atoms with Gasteiger partial charge in [0.1, 0.15) is 6.73 Å². The maximum atomic E-state index is 9.86. The number of thiol groups is 1. The van der Waals surface area contributed by atoms with Gasteiger partial charge in [-0.3, -0.25) is 0 Å². The molecule has 162 valence electrons. The van der Waals surface area contributed by atoms with Gasteiger partial charge in [0.2, 0.25) is 0 Å². The van der Waals surface area contributed by atoms with Crippen LogP contribution in [0, 0.1) is 5.41 Å². The van der Waals surface area contributed by atoms with Crippen LogP contribution in [-0.2, 0) is 6.54 Å². The van der Waals surface area contributed by atoms with E-state index in [1.54, 1.807) is 6.20 Å². The molecule has 30 heavy (non-hydrogen) atoms. The molecule has 0 saturated heterocycles. The second-order valence-electron chi connectivity index (χ2n) is 8.93. The zero-order chi connectivity index (χ0) is 21.1. The zero-order valence-electron chi connectivity index (χ0n) is 17.9. The van der Waals surface area contributed by atoms with Crippen molar-refractivity contribution < 1.29 is 9.84 Å². The van der Waals surface area contributed by atoms with Crippen molar-refractivity contribution in [1.82, 2.24) is 14.5 Å². The van der Waals surface area contributed by atoms with Crippen molar-refractivity contribution in [1.29, 1.82) is 0 Å². The van der Waals surface area contributed by atoms with Crippen molar-refractivity contribution >= 4 is 24.4 Å². The minimum atomic E-state index is -0.0211. The highest BCUT2D eigenvalue weighted by atomic mass is 32.1. The van der Waals surface area contributed by atoms with Gasteiger partial charge in [-0.15, -0.1) is 0 Å². The van der Waals surface area contributed by atoms with E-state index in [-0.39, 0.29) is 12.1 Å². The van der Waals surface area contributed by atoms with Crippen LogP contribution in [0.15, 0.2) is 24.7 Å². The minimum Gasteiger partial charge on any atom is -0.430 e. The van der Waals surface area contributed by atoms with Crippen molar-refractivity contribution in [3.8, 4) is 11.6 Å². The Labute approximate surface area is 184 Å². The molecule has 3 heterocycles. The van der Waals surface area contributed by atoms with E-state index in [0.29, 0.717) is 11.8 Å². The molecule has 1 aliphatic carbocycles. The van der Waals surface area contributed by atoms with Gasteiger partial charge in [-0.05, 0) is 49.3 Å². The number of aliphatic hydroxyl groups is 1. The molecular formula is C23H32N4O2S. The smallest absolute Gasteiger partial charge is 0.263 e. The maximum Gasteiger partial charge on any atom is 0.263 e. The van der Waals surface area contributed by atoms with Crippen LogP contribution in [0.2, 0.25) is 0 Å². The monoisotopic (exact) mass is 428 g/mol. The molecule has 4 rings (SSSR count). The Morgan fingerprint density at radius 2 is 2.17 bits per heavy atom. The molecule has 1 N–H and O–H groups in total. The lowest BCUT2D eigenvalue weighted by Crippen LogP contribution is -2.29. The van der Waals surface area contributed by atoms with Crippen molar-refractivity contribution in [3.05, 3.63) is 36.1 Å². The highest BCUT2D eigenvalue weighted by molar-refractivity contribution is 7.80. The summed E-state index contributed by atoms with van der Waals surface area (Å²) in [5.74, 6) is 2.93. The molecule has 7 heteroatoms. The van der Waals surface area contributed by atoms with Gasteiger partial charge in [-0.25, -0.2) is 9.97 Å². The summed E-state index contributed by atoms with van der Waals surface area (Å²) in [6.07, 6.45) is 13.5. The van der Waals surface area contributed by atoms with Gasteiger partial charge in [0.25, 0.3) is 5.88 Å². The first-order valence-electron chi connectivity index (χ1n) is 10.9. The molecule has 2 unspecified atom stereocenters. The van der Waals surface area contributed by atoms with E-state index in [0.717, 1.165) is 68.1 Å². The van der Waals surface area contributed by atoms with Gasteiger partial charge >= 0.3 is 0 Å². The van der Waals surface area contributed by atoms with E-state index >= 15 is 0 Å². The second kappa shape index (κ2) is 9.02. The molecule has 6 nitrogen and oxygen atoms in total. The topological polar surface area (TPSA) is 66.7 Å². The molecule has 0 radical (unpaired) electrons. The highest BCUT2D eigenvalue weighted by Gasteiger charge is 2.28. The number of rotatable bonds is 11. The van der Waals surface area contributed by atoms with Crippen molar-refractivity contribution in [2.75, 3.05) is 23.9 Å². The number of nitrogens with zero attached hydrogens (tertiary/aromatic N) is 4. The number of hydrogen-bond acceptors (Lipinski definition) is 6. The second-order valence-corrected chi connectivity index (χ2v) is 9.37. The first kappa shape index (κ1) is 21.2. The standard InChI is InChI=1S/C23H32N4O2S/c1-17-6-3-7-19-21(17)27(15-25-19)14-23(2,9-5-11-30)8-4-10-26(16-28)18-12-20-22(29-20)24-13-18/h3,7,12-13,15,17,28,30H,4-6,8-11,14,16H2,1-2H3. The lowest BCUT2D eigenvalue weighted by Gasteiger charge is -2.33. The molecule has 0 aromatic carbocycles. The fourth-order valence-electron chi connectivity index (χ4n) is 4.60. The fourth-order valence-corrected chi connectivity index (χ4v) is 4.76. The average Bonchev–Trinajstić information content (AvgIpc) is 3.41. The molecule has 2 aromatic rings. The van der Waals surface area contributed by atoms with E-state index in [2.05, 4.69) is 53.2 Å². The van der Waals surface area contributed by atoms with Crippen LogP contribution in [0.3, 0.4) is 0 Å². The number of aliphatic hydroxyl groups excluding tert-OH is 1. The predicted octanol–water partition coefficient (Wildman–Crippen LogP) is 4.86. The third-order valence-corrected chi connectivity index (χ3v) is 6.66. The van der Waals surface area contributed by atoms with Crippen LogP contribution in [0.1, 0.15) is 63.3 Å². The fraction of sp³-hybridized carbons (Fsp3) is 0.565. The van der Waals surface area contributed by atoms with Gasteiger partial charge in [0.05, 0.1) is 23.9 Å². The number of hydrogen-bond donors (Lipinski definition) is 2. The Morgan fingerprint density at radius 3 is 2.93 bits per heavy atom. The first-order chi connectivity index (χ1) is 14.5. The van der Waals surface area contributed by atoms with E-state index in [1.807, 2.05) is 17.3 Å². The number of ether oxygens (including phenoxy) is 1. The third kappa shape index (κ3) is 4.67. The molecule has 2 atom stereocenters. The van der Waals surface area contributed by atoms with E-state index in [9.17, 15) is 5.11 Å². The van der Waals surface area contributed by atoms with E-state index in [1.165, 1.54) is 5.69 Å². The average molecular weight is 429 g/mol. The number of pyridine rings is 1. The SMILES string of the molecule is CC1CC=Cc2ncn(CC(C)(CCCS)CCCN(CO)c3cnc4c(c3)O4)c21. The van der Waals surface area contributed by atoms with Gasteiger partial charge in [0, 0.05) is 30.8 Å². The van der Waals surface area contributed by atoms with Crippen LogP contribution >= 0.6 is 12.6 Å². The first-order valence-corrected chi connectivity index (χ1v) is 11.5. The Kier molecular flexibility index (Phi) is 6.39. The maximum absolute atomic E-state index is 9.86. The van der Waals surface area contributed by atoms with Gasteiger partial charge < -0.3 is 19.3 Å². The number of allylic oxidation sites excluding steroid dienone is 1. The van der Waals surface area contributed by atoms with Crippen molar-refractivity contribution in [2.45, 2.75) is 58.4 Å². The van der Waals surface area contributed by atoms with Crippen LogP contribution in [-0.4, -0.2) is 38.7 Å². The molecule has 0 amide bonds. The lowest BCUT2D eigenvalue weighted by atomic mass is 9.80. The number of imidazole rings is 1. The van der Waals surface area contributed by atoms with Crippen LogP contribution in [0.25, 0.3) is 6.08 Å². The molecule has 0 bridgehead atoms. The molecule has 1 aliphatic heterocycles. The van der Waals surface area contributed by atoms with E-state index in [4.69, 9.17) is 4.74 Å². The van der Waals surface area contributed by atoms with Crippen molar-refractivity contribution in [2.24, 2.45) is 5.41 Å². The third-order valence-electron chi connectivity index (χ3n) is 6.34. The Bertz CT molecular complexity index is 913. The summed E-state index contributed by atoms with van der Waals surface area (Å²) in [6.45, 7) is 6.40. The highest BCUT2D eigenvalue weighted by Crippen LogP contribution is 2.44. The van der Waals surface area contributed by atoms with E-state index < -0.39 is 0 Å². The largest absolute Gasteiger partial charge is 0.430 e. The molecule has 0 saturated carbocycles. The summed E-state index contributed by atoms with van der Waals surface area (Å²) in [5.41, 5.74) is 3.55. The predicted molar refractivity (Wildman–Crippen MR) is 123 cm³/mol.